The van der Waals surface area contributed by atoms with Gasteiger partial charge in [-0.3, -0.25) is 4.79 Å². The van der Waals surface area contributed by atoms with Crippen LogP contribution >= 0.6 is 0 Å². The Labute approximate surface area is 71.1 Å². The second-order valence-electron chi connectivity index (χ2n) is 3.61. The molecule has 1 aliphatic rings. The molecule has 0 aromatic heterocycles. The Balaban J connectivity index is 2.39. The topological polar surface area (TPSA) is 17.1 Å². The second-order valence-corrected chi connectivity index (χ2v) is 3.61. The standard InChI is InChI=1S/C9H14F2O/c1-3-4-6(2)8(12)7-5-9(7,10)11/h6-7H,3-5H2,1-2H3/t6?,7-/m1/s1. The molecule has 0 bridgehead atoms. The number of rotatable bonds is 4. The normalized spacial score (nSPS) is 28.2. The largest absolute Gasteiger partial charge is 0.299 e. The molecule has 1 aliphatic carbocycles. The van der Waals surface area contributed by atoms with Gasteiger partial charge in [0, 0.05) is 12.3 Å². The number of alkyl halides is 2. The van der Waals surface area contributed by atoms with Crippen LogP contribution in [0.1, 0.15) is 33.1 Å². The van der Waals surface area contributed by atoms with E-state index in [9.17, 15) is 13.6 Å². The summed E-state index contributed by atoms with van der Waals surface area (Å²) in [5.41, 5.74) is 0. The molecule has 1 rings (SSSR count). The lowest BCUT2D eigenvalue weighted by Gasteiger charge is -2.07. The Morgan fingerprint density at radius 2 is 2.17 bits per heavy atom. The van der Waals surface area contributed by atoms with Gasteiger partial charge in [-0.1, -0.05) is 20.3 Å². The smallest absolute Gasteiger partial charge is 0.258 e. The first kappa shape index (κ1) is 9.62. The molecule has 1 saturated carbocycles. The van der Waals surface area contributed by atoms with Gasteiger partial charge in [0.15, 0.2) is 0 Å². The van der Waals surface area contributed by atoms with Crippen LogP contribution in [0.4, 0.5) is 8.78 Å². The van der Waals surface area contributed by atoms with Crippen molar-refractivity contribution in [3.05, 3.63) is 0 Å². The van der Waals surface area contributed by atoms with Crippen LogP contribution in [-0.2, 0) is 4.79 Å². The van der Waals surface area contributed by atoms with Crippen molar-refractivity contribution in [2.45, 2.75) is 39.0 Å². The van der Waals surface area contributed by atoms with E-state index in [1.807, 2.05) is 6.92 Å². The van der Waals surface area contributed by atoms with Crippen molar-refractivity contribution in [1.82, 2.24) is 0 Å². The first-order valence-electron chi connectivity index (χ1n) is 4.40. The summed E-state index contributed by atoms with van der Waals surface area (Å²) >= 11 is 0. The number of Topliss-reactive ketones (excluding diaryl/α,β-unsaturated/α-hetero) is 1. The molecule has 70 valence electrons. The summed E-state index contributed by atoms with van der Waals surface area (Å²) in [4.78, 5) is 11.2. The number of carbonyl (C=O) groups excluding carboxylic acids is 1. The van der Waals surface area contributed by atoms with Gasteiger partial charge in [0.1, 0.15) is 5.78 Å². The maximum atomic E-state index is 12.4. The van der Waals surface area contributed by atoms with E-state index >= 15 is 0 Å². The Hall–Kier alpha value is -0.470. The molecule has 1 fully saturated rings. The van der Waals surface area contributed by atoms with E-state index in [2.05, 4.69) is 0 Å². The van der Waals surface area contributed by atoms with E-state index in [4.69, 9.17) is 0 Å². The summed E-state index contributed by atoms with van der Waals surface area (Å²) in [7, 11) is 0. The van der Waals surface area contributed by atoms with E-state index in [1.165, 1.54) is 0 Å². The third-order valence-electron chi connectivity index (χ3n) is 2.38. The van der Waals surface area contributed by atoms with Crippen molar-refractivity contribution < 1.29 is 13.6 Å². The van der Waals surface area contributed by atoms with Gasteiger partial charge < -0.3 is 0 Å². The molecule has 0 saturated heterocycles. The van der Waals surface area contributed by atoms with Gasteiger partial charge in [-0.25, -0.2) is 8.78 Å². The molecule has 0 heterocycles. The molecule has 0 radical (unpaired) electrons. The molecule has 2 atom stereocenters. The average Bonchev–Trinajstić information content (AvgIpc) is 2.59. The van der Waals surface area contributed by atoms with Crippen molar-refractivity contribution in [3.8, 4) is 0 Å². The fourth-order valence-electron chi connectivity index (χ4n) is 1.44. The molecule has 0 amide bonds. The summed E-state index contributed by atoms with van der Waals surface area (Å²) in [5, 5.41) is 0. The summed E-state index contributed by atoms with van der Waals surface area (Å²) in [5.74, 6) is -4.08. The highest BCUT2D eigenvalue weighted by Gasteiger charge is 2.61. The molecule has 0 N–H and O–H groups in total. The van der Waals surface area contributed by atoms with Crippen LogP contribution in [0, 0.1) is 11.8 Å². The fourth-order valence-corrected chi connectivity index (χ4v) is 1.44. The van der Waals surface area contributed by atoms with E-state index in [0.717, 1.165) is 12.8 Å². The van der Waals surface area contributed by atoms with E-state index in [1.54, 1.807) is 6.92 Å². The molecule has 0 aromatic rings. The Morgan fingerprint density at radius 1 is 1.67 bits per heavy atom. The number of hydrogen-bond acceptors (Lipinski definition) is 1. The Kier molecular flexibility index (Phi) is 2.49. The van der Waals surface area contributed by atoms with Crippen molar-refractivity contribution in [1.29, 1.82) is 0 Å². The van der Waals surface area contributed by atoms with E-state index in [-0.39, 0.29) is 18.1 Å². The molecule has 0 spiro atoms. The van der Waals surface area contributed by atoms with Crippen molar-refractivity contribution >= 4 is 5.78 Å². The minimum Gasteiger partial charge on any atom is -0.299 e. The lowest BCUT2D eigenvalue weighted by atomic mass is 9.98. The molecular formula is C9H14F2O. The molecular weight excluding hydrogens is 162 g/mol. The molecule has 1 nitrogen and oxygen atoms in total. The highest BCUT2D eigenvalue weighted by Crippen LogP contribution is 2.50. The summed E-state index contributed by atoms with van der Waals surface area (Å²) < 4.78 is 24.9. The zero-order valence-electron chi connectivity index (χ0n) is 7.44. The SMILES string of the molecule is CCCC(C)C(=O)[C@H]1CC1(F)F. The predicted octanol–water partition coefficient (Wildman–Crippen LogP) is 2.65. The van der Waals surface area contributed by atoms with Crippen LogP contribution in [0.25, 0.3) is 0 Å². The van der Waals surface area contributed by atoms with Gasteiger partial charge in [0.2, 0.25) is 0 Å². The maximum absolute atomic E-state index is 12.4. The highest BCUT2D eigenvalue weighted by molar-refractivity contribution is 5.86. The summed E-state index contributed by atoms with van der Waals surface area (Å²) in [6, 6.07) is 0. The molecule has 12 heavy (non-hydrogen) atoms. The first-order valence-corrected chi connectivity index (χ1v) is 4.40. The van der Waals surface area contributed by atoms with E-state index < -0.39 is 11.8 Å². The minimum atomic E-state index is -2.68. The first-order chi connectivity index (χ1) is 5.49. The van der Waals surface area contributed by atoms with E-state index in [0.29, 0.717) is 0 Å². The third-order valence-corrected chi connectivity index (χ3v) is 2.38. The van der Waals surface area contributed by atoms with Gasteiger partial charge in [-0.05, 0) is 6.42 Å². The lowest BCUT2D eigenvalue weighted by molar-refractivity contribution is -0.125. The van der Waals surface area contributed by atoms with Crippen molar-refractivity contribution in [3.63, 3.8) is 0 Å². The zero-order chi connectivity index (χ0) is 9.35. The van der Waals surface area contributed by atoms with Crippen molar-refractivity contribution in [2.24, 2.45) is 11.8 Å². The highest BCUT2D eigenvalue weighted by atomic mass is 19.3. The lowest BCUT2D eigenvalue weighted by Crippen LogP contribution is -2.16. The molecule has 0 aliphatic heterocycles. The Morgan fingerprint density at radius 3 is 2.50 bits per heavy atom. The third kappa shape index (κ3) is 1.82. The van der Waals surface area contributed by atoms with Gasteiger partial charge in [0.25, 0.3) is 5.92 Å². The molecule has 3 heteroatoms. The van der Waals surface area contributed by atoms with Gasteiger partial charge in [-0.2, -0.15) is 0 Å². The van der Waals surface area contributed by atoms with Gasteiger partial charge in [0.05, 0.1) is 5.92 Å². The van der Waals surface area contributed by atoms with Crippen LogP contribution in [0.15, 0.2) is 0 Å². The fraction of sp³-hybridized carbons (Fsp3) is 0.889. The number of hydrogen-bond donors (Lipinski definition) is 0. The van der Waals surface area contributed by atoms with Crippen LogP contribution in [-0.4, -0.2) is 11.7 Å². The summed E-state index contributed by atoms with van der Waals surface area (Å²) in [6.07, 6.45) is 1.39. The van der Waals surface area contributed by atoms with Crippen LogP contribution < -0.4 is 0 Å². The minimum absolute atomic E-state index is 0.187. The monoisotopic (exact) mass is 176 g/mol. The van der Waals surface area contributed by atoms with Crippen LogP contribution in [0.5, 0.6) is 0 Å². The van der Waals surface area contributed by atoms with Gasteiger partial charge in [-0.15, -0.1) is 0 Å². The Bertz CT molecular complexity index is 189. The van der Waals surface area contributed by atoms with Gasteiger partial charge >= 0.3 is 0 Å². The van der Waals surface area contributed by atoms with Crippen molar-refractivity contribution in [2.75, 3.05) is 0 Å². The van der Waals surface area contributed by atoms with Crippen LogP contribution in [0.2, 0.25) is 0 Å². The number of ketones is 1. The quantitative estimate of drug-likeness (QED) is 0.643. The number of carbonyl (C=O) groups is 1. The second kappa shape index (κ2) is 3.11. The molecule has 0 aromatic carbocycles. The molecule has 1 unspecified atom stereocenters. The maximum Gasteiger partial charge on any atom is 0.258 e. The zero-order valence-corrected chi connectivity index (χ0v) is 7.44. The average molecular weight is 176 g/mol. The summed E-state index contributed by atoms with van der Waals surface area (Å²) in [6.45, 7) is 3.69. The predicted molar refractivity (Wildman–Crippen MR) is 42.1 cm³/mol. The van der Waals surface area contributed by atoms with Crippen LogP contribution in [0.3, 0.4) is 0 Å². The number of halogens is 2.